The van der Waals surface area contributed by atoms with Gasteiger partial charge in [0.05, 0.1) is 0 Å². The zero-order chi connectivity index (χ0) is 8.41. The second-order valence-electron chi connectivity index (χ2n) is 3.42. The molecule has 0 heterocycles. The fourth-order valence-electron chi connectivity index (χ4n) is 0.767. The van der Waals surface area contributed by atoms with Gasteiger partial charge in [0, 0.05) is 0 Å². The van der Waals surface area contributed by atoms with E-state index in [0.29, 0.717) is 0 Å². The Morgan fingerprint density at radius 3 is 1.60 bits per heavy atom. The molecule has 0 spiro atoms. The van der Waals surface area contributed by atoms with Crippen LogP contribution >= 0.6 is 22.2 Å². The summed E-state index contributed by atoms with van der Waals surface area (Å²) in [4.78, 5) is 0. The molecule has 0 radical (unpaired) electrons. The number of rotatable bonds is 3. The monoisotopic (exact) mass is 214 g/mol. The molecule has 0 aromatic rings. The Morgan fingerprint density at radius 2 is 1.50 bits per heavy atom. The van der Waals surface area contributed by atoms with Gasteiger partial charge in [0.15, 0.2) is 13.8 Å². The summed E-state index contributed by atoms with van der Waals surface area (Å²) in [6, 6.07) is 1.16. The quantitative estimate of drug-likeness (QED) is 0.497. The Balaban J connectivity index is 4.10. The average Bonchev–Trinajstić information content (AvgIpc) is 1.61. The number of halogens is 2. The topological polar surface area (TPSA) is 0 Å². The lowest BCUT2D eigenvalue weighted by atomic mass is 10.6. The lowest BCUT2D eigenvalue weighted by Crippen LogP contribution is -2.48. The number of hydrogen-bond acceptors (Lipinski definition) is 0. The van der Waals surface area contributed by atoms with Crippen molar-refractivity contribution in [1.82, 2.24) is 0 Å². The second-order valence-corrected chi connectivity index (χ2v) is 23.6. The lowest BCUT2D eigenvalue weighted by Gasteiger charge is -2.28. The molecule has 1 unspecified atom stereocenters. The van der Waals surface area contributed by atoms with E-state index in [4.69, 9.17) is 22.2 Å². The van der Waals surface area contributed by atoms with E-state index in [0.717, 1.165) is 6.04 Å². The van der Waals surface area contributed by atoms with Crippen molar-refractivity contribution in [3.05, 3.63) is 0 Å². The van der Waals surface area contributed by atoms with E-state index in [2.05, 4.69) is 26.6 Å². The molecule has 0 aromatic heterocycles. The summed E-state index contributed by atoms with van der Waals surface area (Å²) in [5.41, 5.74) is 0. The van der Waals surface area contributed by atoms with Gasteiger partial charge in [0.2, 0.25) is 0 Å². The van der Waals surface area contributed by atoms with Crippen LogP contribution in [0.3, 0.4) is 0 Å². The van der Waals surface area contributed by atoms with Crippen molar-refractivity contribution in [3.8, 4) is 0 Å². The first-order valence-corrected chi connectivity index (χ1v) is 12.4. The molecule has 0 aromatic carbocycles. The molecule has 10 heavy (non-hydrogen) atoms. The van der Waals surface area contributed by atoms with Crippen LogP contribution in [0, 0.1) is 0 Å². The summed E-state index contributed by atoms with van der Waals surface area (Å²) in [7, 11) is 0. The minimum Gasteiger partial charge on any atom is -0.170 e. The molecule has 0 saturated carbocycles. The highest BCUT2D eigenvalue weighted by Crippen LogP contribution is 2.30. The molecule has 0 bridgehead atoms. The van der Waals surface area contributed by atoms with Gasteiger partial charge in [-0.3, -0.25) is 0 Å². The second kappa shape index (κ2) is 3.61. The Morgan fingerprint density at radius 1 is 1.10 bits per heavy atom. The SMILES string of the molecule is CCC[Si](C)(Cl)[Si](C)(C)Cl. The third kappa shape index (κ3) is 2.95. The van der Waals surface area contributed by atoms with Gasteiger partial charge in [0.25, 0.3) is 0 Å². The third-order valence-electron chi connectivity index (χ3n) is 1.96. The van der Waals surface area contributed by atoms with Crippen LogP contribution < -0.4 is 0 Å². The van der Waals surface area contributed by atoms with Crippen molar-refractivity contribution < 1.29 is 0 Å². The Kier molecular flexibility index (Phi) is 3.98. The van der Waals surface area contributed by atoms with Gasteiger partial charge in [-0.25, -0.2) is 0 Å². The highest BCUT2D eigenvalue weighted by Gasteiger charge is 2.41. The first-order valence-electron chi connectivity index (χ1n) is 3.69. The van der Waals surface area contributed by atoms with Crippen molar-refractivity contribution in [3.63, 3.8) is 0 Å². The van der Waals surface area contributed by atoms with E-state index in [1.165, 1.54) is 6.42 Å². The van der Waals surface area contributed by atoms with Gasteiger partial charge in [-0.2, -0.15) is 22.2 Å². The predicted molar refractivity (Wildman–Crippen MR) is 55.9 cm³/mol. The fourth-order valence-corrected chi connectivity index (χ4v) is 6.25. The van der Waals surface area contributed by atoms with Crippen LogP contribution in [0.15, 0.2) is 0 Å². The molecule has 0 fully saturated rings. The Hall–Kier alpha value is 1.01. The van der Waals surface area contributed by atoms with Gasteiger partial charge < -0.3 is 0 Å². The van der Waals surface area contributed by atoms with E-state index in [-0.39, 0.29) is 0 Å². The van der Waals surface area contributed by atoms with E-state index in [1.807, 2.05) is 0 Å². The van der Waals surface area contributed by atoms with Gasteiger partial charge in [-0.05, 0) is 6.04 Å². The summed E-state index contributed by atoms with van der Waals surface area (Å²) in [6.07, 6.45) is 1.18. The molecule has 0 saturated heterocycles. The van der Waals surface area contributed by atoms with Crippen LogP contribution in [0.25, 0.3) is 0 Å². The first kappa shape index (κ1) is 11.0. The highest BCUT2D eigenvalue weighted by molar-refractivity contribution is 7.70. The highest BCUT2D eigenvalue weighted by atomic mass is 35.6. The first-order chi connectivity index (χ1) is 4.31. The zero-order valence-electron chi connectivity index (χ0n) is 7.17. The van der Waals surface area contributed by atoms with Crippen LogP contribution in [-0.2, 0) is 0 Å². The van der Waals surface area contributed by atoms with Gasteiger partial charge in [-0.1, -0.05) is 33.0 Å². The van der Waals surface area contributed by atoms with Crippen molar-refractivity contribution in [2.75, 3.05) is 0 Å². The maximum absolute atomic E-state index is 6.38. The molecule has 0 rings (SSSR count). The van der Waals surface area contributed by atoms with Gasteiger partial charge in [0.1, 0.15) is 0 Å². The molecule has 0 nitrogen and oxygen atoms in total. The third-order valence-corrected chi connectivity index (χ3v) is 23.5. The van der Waals surface area contributed by atoms with Crippen molar-refractivity contribution >= 4 is 36.0 Å². The van der Waals surface area contributed by atoms with Crippen LogP contribution in [-0.4, -0.2) is 13.8 Å². The summed E-state index contributed by atoms with van der Waals surface area (Å²) in [5, 5.41) is 0. The minimum atomic E-state index is -1.53. The van der Waals surface area contributed by atoms with Crippen LogP contribution in [0.5, 0.6) is 0 Å². The minimum absolute atomic E-state index is 1.16. The van der Waals surface area contributed by atoms with E-state index in [1.54, 1.807) is 0 Å². The molecular formula is C6H16Cl2Si2. The number of hydrogen-bond donors (Lipinski definition) is 0. The van der Waals surface area contributed by atoms with Crippen molar-refractivity contribution in [2.45, 2.75) is 39.0 Å². The molecule has 1 atom stereocenters. The zero-order valence-corrected chi connectivity index (χ0v) is 10.7. The van der Waals surface area contributed by atoms with Gasteiger partial charge in [-0.15, -0.1) is 0 Å². The van der Waals surface area contributed by atoms with E-state index >= 15 is 0 Å². The Bertz CT molecular complexity index is 107. The summed E-state index contributed by atoms with van der Waals surface area (Å²) < 4.78 is 0. The van der Waals surface area contributed by atoms with E-state index < -0.39 is 13.8 Å². The van der Waals surface area contributed by atoms with Crippen molar-refractivity contribution in [2.24, 2.45) is 0 Å². The lowest BCUT2D eigenvalue weighted by molar-refractivity contribution is 1.07. The standard InChI is InChI=1S/C6H16Cl2Si2/c1-5-6-10(4,8)9(2,3)7/h5-6H2,1-4H3. The van der Waals surface area contributed by atoms with Gasteiger partial charge >= 0.3 is 0 Å². The molecule has 4 heteroatoms. The molecular weight excluding hydrogens is 199 g/mol. The maximum Gasteiger partial charge on any atom is 0.161 e. The van der Waals surface area contributed by atoms with Crippen LogP contribution in [0.4, 0.5) is 0 Å². The van der Waals surface area contributed by atoms with Crippen molar-refractivity contribution in [1.29, 1.82) is 0 Å². The molecule has 0 amide bonds. The average molecular weight is 215 g/mol. The molecule has 62 valence electrons. The molecule has 0 aliphatic carbocycles. The predicted octanol–water partition coefficient (Wildman–Crippen LogP) is 3.73. The van der Waals surface area contributed by atoms with E-state index in [9.17, 15) is 0 Å². The summed E-state index contributed by atoms with van der Waals surface area (Å²) in [6.45, 7) is 5.62. The van der Waals surface area contributed by atoms with Crippen LogP contribution in [0.1, 0.15) is 13.3 Å². The molecule has 0 N–H and O–H groups in total. The molecule has 0 aliphatic rings. The smallest absolute Gasteiger partial charge is 0.161 e. The Labute approximate surface area is 75.1 Å². The van der Waals surface area contributed by atoms with Crippen LogP contribution in [0.2, 0.25) is 25.7 Å². The normalized spacial score (nSPS) is 18.6. The summed E-state index contributed by atoms with van der Waals surface area (Å²) >= 11 is 12.7. The largest absolute Gasteiger partial charge is 0.170 e. The molecule has 0 aliphatic heterocycles. The summed E-state index contributed by atoms with van der Waals surface area (Å²) in [5.74, 6) is 0. The fraction of sp³-hybridized carbons (Fsp3) is 1.00. The maximum atomic E-state index is 6.38.